The van der Waals surface area contributed by atoms with Crippen LogP contribution in [-0.4, -0.2) is 112 Å². The maximum Gasteiger partial charge on any atom is 0.483 e. The molecular formula is C15H24N2O17P2. The number of aliphatic hydroxyl groups excluding tert-OH is 6. The van der Waals surface area contributed by atoms with Crippen LogP contribution in [0.5, 0.6) is 0 Å². The van der Waals surface area contributed by atoms with Crippen LogP contribution in [-0.2, 0) is 32.0 Å². The molecule has 0 aromatic carbocycles. The van der Waals surface area contributed by atoms with Gasteiger partial charge in [0.2, 0.25) is 0 Å². The molecule has 36 heavy (non-hydrogen) atoms. The molecule has 2 fully saturated rings. The third-order valence-electron chi connectivity index (χ3n) is 5.16. The van der Waals surface area contributed by atoms with Gasteiger partial charge in [-0.3, -0.25) is 23.4 Å². The first kappa shape index (κ1) is 29.2. The number of phosphoric acid groups is 2. The van der Waals surface area contributed by atoms with E-state index in [1.165, 1.54) is 0 Å². The summed E-state index contributed by atoms with van der Waals surface area (Å²) in [6.07, 6.45) is -15.4. The molecule has 1 aromatic rings. The van der Waals surface area contributed by atoms with Gasteiger partial charge in [0.15, 0.2) is 12.5 Å². The minimum atomic E-state index is -5.59. The van der Waals surface area contributed by atoms with Gasteiger partial charge in [0, 0.05) is 12.3 Å². The number of hydrogen-bond acceptors (Lipinski definition) is 15. The number of nitrogens with one attached hydrogen (secondary N) is 1. The van der Waals surface area contributed by atoms with Gasteiger partial charge in [0.25, 0.3) is 5.56 Å². The normalized spacial score (nSPS) is 38.4. The van der Waals surface area contributed by atoms with Gasteiger partial charge in [-0.2, -0.15) is 4.31 Å². The number of phosphoric ester groups is 2. The van der Waals surface area contributed by atoms with Crippen molar-refractivity contribution in [1.29, 1.82) is 0 Å². The van der Waals surface area contributed by atoms with E-state index in [-0.39, 0.29) is 0 Å². The van der Waals surface area contributed by atoms with Crippen LogP contribution in [0.3, 0.4) is 0 Å². The molecule has 0 saturated carbocycles. The predicted molar refractivity (Wildman–Crippen MR) is 109 cm³/mol. The molecule has 1 aromatic heterocycles. The molecule has 0 amide bonds. The lowest BCUT2D eigenvalue weighted by Gasteiger charge is -2.39. The highest BCUT2D eigenvalue weighted by atomic mass is 31.3. The zero-order valence-electron chi connectivity index (χ0n) is 17.9. The van der Waals surface area contributed by atoms with Crippen LogP contribution in [0.15, 0.2) is 21.9 Å². The molecule has 0 bridgehead atoms. The summed E-state index contributed by atoms with van der Waals surface area (Å²) in [6, 6.07) is 0.928. The molecule has 0 radical (unpaired) electrons. The topological polar surface area (TPSA) is 297 Å². The summed E-state index contributed by atoms with van der Waals surface area (Å²) in [7, 11) is -11.1. The van der Waals surface area contributed by atoms with Crippen LogP contribution in [0.1, 0.15) is 6.23 Å². The smallest absolute Gasteiger partial charge is 0.394 e. The first-order valence-electron chi connectivity index (χ1n) is 9.99. The average molecular weight is 566 g/mol. The van der Waals surface area contributed by atoms with E-state index in [4.69, 9.17) is 14.6 Å². The van der Waals surface area contributed by atoms with Crippen LogP contribution in [0.25, 0.3) is 0 Å². The Bertz CT molecular complexity index is 1120. The first-order valence-corrected chi connectivity index (χ1v) is 13.0. The molecule has 3 rings (SSSR count). The fraction of sp³-hybridized carbons (Fsp3) is 0.733. The summed E-state index contributed by atoms with van der Waals surface area (Å²) in [5.41, 5.74) is -1.75. The Morgan fingerprint density at radius 3 is 2.17 bits per heavy atom. The van der Waals surface area contributed by atoms with Crippen molar-refractivity contribution in [3.05, 3.63) is 33.1 Å². The van der Waals surface area contributed by atoms with Gasteiger partial charge in [-0.1, -0.05) is 0 Å². The van der Waals surface area contributed by atoms with Crippen molar-refractivity contribution in [2.24, 2.45) is 0 Å². The Morgan fingerprint density at radius 2 is 1.56 bits per heavy atom. The van der Waals surface area contributed by atoms with Crippen LogP contribution in [0, 0.1) is 0 Å². The molecule has 0 aliphatic carbocycles. The molecule has 21 heteroatoms. The number of hydrogen-bond donors (Lipinski definition) is 9. The first-order chi connectivity index (χ1) is 16.7. The highest BCUT2D eigenvalue weighted by Gasteiger charge is 2.49. The summed E-state index contributed by atoms with van der Waals surface area (Å²) in [4.78, 5) is 44.5. The Balaban J connectivity index is 1.61. The van der Waals surface area contributed by atoms with E-state index < -0.39 is 95.4 Å². The monoisotopic (exact) mass is 566 g/mol. The van der Waals surface area contributed by atoms with Crippen molar-refractivity contribution in [2.45, 2.75) is 55.2 Å². The number of aromatic amines is 1. The molecule has 6 unspecified atom stereocenters. The minimum Gasteiger partial charge on any atom is -0.394 e. The number of aliphatic hydroxyl groups is 6. The van der Waals surface area contributed by atoms with Crippen molar-refractivity contribution < 1.29 is 72.4 Å². The lowest BCUT2D eigenvalue weighted by atomic mass is 10.00. The number of ether oxygens (including phenoxy) is 2. The molecule has 2 aliphatic rings. The third-order valence-corrected chi connectivity index (χ3v) is 7.76. The van der Waals surface area contributed by atoms with E-state index in [0.29, 0.717) is 0 Å². The molecule has 9 N–H and O–H groups in total. The lowest BCUT2D eigenvalue weighted by molar-refractivity contribution is -0.280. The SMILES string of the molecule is O=c1ccn([C@@H]2O[C@H](COP(=O)(O)OP(=O)(O)O[C@H]3OC(CO)[C@H](O)[C@H](O)C3O)C(O)C2O)c(=O)[nH]1. The molecular weight excluding hydrogens is 542 g/mol. The van der Waals surface area contributed by atoms with Crippen LogP contribution >= 0.6 is 15.6 Å². The highest BCUT2D eigenvalue weighted by Crippen LogP contribution is 2.61. The molecule has 2 saturated heterocycles. The zero-order chi connectivity index (χ0) is 27.0. The molecule has 2 aliphatic heterocycles. The van der Waals surface area contributed by atoms with Gasteiger partial charge >= 0.3 is 21.3 Å². The second kappa shape index (κ2) is 11.2. The van der Waals surface area contributed by atoms with E-state index in [9.17, 15) is 54.0 Å². The fourth-order valence-electron chi connectivity index (χ4n) is 3.35. The summed E-state index contributed by atoms with van der Waals surface area (Å²) < 4.78 is 48.1. The zero-order valence-corrected chi connectivity index (χ0v) is 19.6. The van der Waals surface area contributed by atoms with Crippen LogP contribution in [0.2, 0.25) is 0 Å². The molecule has 19 nitrogen and oxygen atoms in total. The predicted octanol–water partition coefficient (Wildman–Crippen LogP) is -4.79. The number of H-pyrrole nitrogens is 1. The minimum absolute atomic E-state index is 0.723. The standard InChI is InChI=1S/C15H24N2O17P2/c18-3-5-8(20)10(22)12(24)14(32-5)33-36(28,29)34-35(26,27)30-4-6-9(21)11(23)13(31-6)17-2-1-7(19)16-15(17)25/h1-2,5-6,8-14,18,20-24H,3-4H2,(H,26,27)(H,28,29)(H,16,19,25)/t5?,6-,8+,9?,10+,11?,12?,13-,14-/m1/s1. The van der Waals surface area contributed by atoms with Crippen molar-refractivity contribution in [2.75, 3.05) is 13.2 Å². The number of nitrogens with zero attached hydrogens (tertiary/aromatic N) is 1. The van der Waals surface area contributed by atoms with Crippen molar-refractivity contribution in [3.8, 4) is 0 Å². The maximum atomic E-state index is 12.2. The van der Waals surface area contributed by atoms with Gasteiger partial charge in [0.1, 0.15) is 42.7 Å². The van der Waals surface area contributed by atoms with Gasteiger partial charge in [0.05, 0.1) is 13.2 Å². The molecule has 11 atom stereocenters. The van der Waals surface area contributed by atoms with E-state index in [1.807, 2.05) is 4.98 Å². The second-order valence-electron chi connectivity index (χ2n) is 7.68. The van der Waals surface area contributed by atoms with E-state index in [1.54, 1.807) is 0 Å². The Labute approximate surface area is 199 Å². The summed E-state index contributed by atoms with van der Waals surface area (Å²) in [5.74, 6) is 0. The molecule has 3 heterocycles. The molecule has 206 valence electrons. The Morgan fingerprint density at radius 1 is 0.917 bits per heavy atom. The fourth-order valence-corrected chi connectivity index (χ4v) is 5.51. The number of aromatic nitrogens is 2. The maximum absolute atomic E-state index is 12.2. The largest absolute Gasteiger partial charge is 0.483 e. The summed E-state index contributed by atoms with van der Waals surface area (Å²) in [5, 5.41) is 58.6. The van der Waals surface area contributed by atoms with E-state index in [0.717, 1.165) is 16.8 Å². The van der Waals surface area contributed by atoms with Crippen molar-refractivity contribution >= 4 is 15.6 Å². The van der Waals surface area contributed by atoms with Crippen molar-refractivity contribution in [1.82, 2.24) is 9.55 Å². The van der Waals surface area contributed by atoms with E-state index in [2.05, 4.69) is 13.4 Å². The number of rotatable bonds is 9. The highest BCUT2D eigenvalue weighted by molar-refractivity contribution is 7.61. The second-order valence-corrected chi connectivity index (χ2v) is 10.7. The Hall–Kier alpha value is -1.38. The lowest BCUT2D eigenvalue weighted by Crippen LogP contribution is -2.58. The van der Waals surface area contributed by atoms with Gasteiger partial charge in [-0.25, -0.2) is 13.9 Å². The Kier molecular flexibility index (Phi) is 9.05. The van der Waals surface area contributed by atoms with Gasteiger partial charge in [-0.15, -0.1) is 0 Å². The van der Waals surface area contributed by atoms with Gasteiger partial charge < -0.3 is 49.9 Å². The van der Waals surface area contributed by atoms with Crippen LogP contribution in [0.4, 0.5) is 0 Å². The van der Waals surface area contributed by atoms with Crippen molar-refractivity contribution in [3.63, 3.8) is 0 Å². The summed E-state index contributed by atoms with van der Waals surface area (Å²) in [6.45, 7) is -1.93. The van der Waals surface area contributed by atoms with Crippen LogP contribution < -0.4 is 11.2 Å². The van der Waals surface area contributed by atoms with E-state index >= 15 is 0 Å². The van der Waals surface area contributed by atoms with Gasteiger partial charge in [-0.05, 0) is 0 Å². The quantitative estimate of drug-likeness (QED) is 0.127. The average Bonchev–Trinajstić information content (AvgIpc) is 3.06. The summed E-state index contributed by atoms with van der Waals surface area (Å²) >= 11 is 0. The third kappa shape index (κ3) is 6.54. The molecule has 0 spiro atoms.